The van der Waals surface area contributed by atoms with Gasteiger partial charge in [0.1, 0.15) is 0 Å². The Morgan fingerprint density at radius 1 is 1.10 bits per heavy atom. The van der Waals surface area contributed by atoms with E-state index in [1.165, 1.54) is 37.7 Å². The molecule has 6 heteroatoms. The predicted octanol–water partition coefficient (Wildman–Crippen LogP) is 1.66. The molecular formula is C14H20N2O4. The van der Waals surface area contributed by atoms with Crippen LogP contribution in [-0.4, -0.2) is 33.2 Å². The normalized spacial score (nSPS) is 15.0. The third-order valence-corrected chi connectivity index (χ3v) is 3.13. The summed E-state index contributed by atoms with van der Waals surface area (Å²) in [5.74, 6) is -3.65. The van der Waals surface area contributed by atoms with Crippen molar-refractivity contribution in [3.8, 4) is 0 Å². The molecule has 110 valence electrons. The summed E-state index contributed by atoms with van der Waals surface area (Å²) in [6.07, 6.45) is 10.6. The Morgan fingerprint density at radius 2 is 1.65 bits per heavy atom. The molecule has 2 rings (SSSR count). The number of nitrogens with zero attached hydrogens (tertiary/aromatic N) is 1. The third-order valence-electron chi connectivity index (χ3n) is 3.13. The van der Waals surface area contributed by atoms with Crippen LogP contribution < -0.4 is 5.32 Å². The maximum Gasteiger partial charge on any atom is 0.414 e. The second-order valence-electron chi connectivity index (χ2n) is 4.68. The lowest BCUT2D eigenvalue weighted by molar-refractivity contribution is -0.159. The molecule has 0 bridgehead atoms. The molecule has 1 aromatic rings. The topological polar surface area (TPSA) is 99.5 Å². The number of carboxylic acids is 2. The van der Waals surface area contributed by atoms with Crippen LogP contribution in [-0.2, 0) is 16.1 Å². The van der Waals surface area contributed by atoms with E-state index in [4.69, 9.17) is 19.8 Å². The standard InChI is InChI=1S/C12H18N2.C2H2O4/c1-2-4-12(5-3-1)14-10-11-6-8-13-9-7-11;3-1(4)2(5)6/h6-9,12,14H,1-5,10H2;(H,3,4)(H,5,6). The van der Waals surface area contributed by atoms with Crippen LogP contribution in [0.2, 0.25) is 0 Å². The summed E-state index contributed by atoms with van der Waals surface area (Å²) in [5, 5.41) is 18.4. The van der Waals surface area contributed by atoms with E-state index in [9.17, 15) is 0 Å². The summed E-state index contributed by atoms with van der Waals surface area (Å²) < 4.78 is 0. The van der Waals surface area contributed by atoms with E-state index >= 15 is 0 Å². The van der Waals surface area contributed by atoms with Crippen LogP contribution >= 0.6 is 0 Å². The first-order valence-corrected chi connectivity index (χ1v) is 6.68. The molecule has 0 aliphatic heterocycles. The van der Waals surface area contributed by atoms with E-state index in [1.54, 1.807) is 0 Å². The Kier molecular flexibility index (Phi) is 7.27. The van der Waals surface area contributed by atoms with Gasteiger partial charge in [0.2, 0.25) is 0 Å². The van der Waals surface area contributed by atoms with Gasteiger partial charge in [0, 0.05) is 25.0 Å². The number of carbonyl (C=O) groups is 2. The van der Waals surface area contributed by atoms with E-state index < -0.39 is 11.9 Å². The molecular weight excluding hydrogens is 260 g/mol. The van der Waals surface area contributed by atoms with Crippen molar-refractivity contribution in [2.75, 3.05) is 0 Å². The van der Waals surface area contributed by atoms with Crippen LogP contribution in [0.3, 0.4) is 0 Å². The van der Waals surface area contributed by atoms with E-state index in [2.05, 4.69) is 22.4 Å². The van der Waals surface area contributed by atoms with Crippen LogP contribution in [0, 0.1) is 0 Å². The number of carboxylic acid groups (broad SMARTS) is 2. The van der Waals surface area contributed by atoms with Crippen molar-refractivity contribution in [2.45, 2.75) is 44.7 Å². The van der Waals surface area contributed by atoms with Crippen LogP contribution in [0.1, 0.15) is 37.7 Å². The lowest BCUT2D eigenvalue weighted by Crippen LogP contribution is -2.30. The number of pyridine rings is 1. The van der Waals surface area contributed by atoms with Gasteiger partial charge >= 0.3 is 11.9 Å². The molecule has 1 fully saturated rings. The van der Waals surface area contributed by atoms with E-state index in [0.717, 1.165) is 12.6 Å². The summed E-state index contributed by atoms with van der Waals surface area (Å²) in [4.78, 5) is 22.2. The Hall–Kier alpha value is -1.95. The Morgan fingerprint density at radius 3 is 2.15 bits per heavy atom. The van der Waals surface area contributed by atoms with Crippen molar-refractivity contribution >= 4 is 11.9 Å². The average molecular weight is 280 g/mol. The molecule has 1 aromatic heterocycles. The molecule has 3 N–H and O–H groups in total. The van der Waals surface area contributed by atoms with Crippen molar-refractivity contribution in [1.82, 2.24) is 10.3 Å². The lowest BCUT2D eigenvalue weighted by Gasteiger charge is -2.22. The largest absolute Gasteiger partial charge is 0.473 e. The molecule has 1 aliphatic rings. The summed E-state index contributed by atoms with van der Waals surface area (Å²) in [5.41, 5.74) is 1.34. The van der Waals surface area contributed by atoms with Gasteiger partial charge in [-0.15, -0.1) is 0 Å². The van der Waals surface area contributed by atoms with Crippen molar-refractivity contribution in [2.24, 2.45) is 0 Å². The molecule has 0 saturated heterocycles. The van der Waals surface area contributed by atoms with Crippen molar-refractivity contribution < 1.29 is 19.8 Å². The fourth-order valence-corrected chi connectivity index (χ4v) is 2.07. The van der Waals surface area contributed by atoms with Crippen LogP contribution in [0.4, 0.5) is 0 Å². The third kappa shape index (κ3) is 6.84. The average Bonchev–Trinajstić information content (AvgIpc) is 2.48. The molecule has 0 spiro atoms. The quantitative estimate of drug-likeness (QED) is 0.728. The molecule has 1 aliphatic carbocycles. The number of nitrogens with one attached hydrogen (secondary N) is 1. The molecule has 0 radical (unpaired) electrons. The van der Waals surface area contributed by atoms with Gasteiger partial charge < -0.3 is 15.5 Å². The lowest BCUT2D eigenvalue weighted by atomic mass is 9.95. The highest BCUT2D eigenvalue weighted by atomic mass is 16.4. The van der Waals surface area contributed by atoms with Gasteiger partial charge in [0.25, 0.3) is 0 Å². The van der Waals surface area contributed by atoms with Crippen LogP contribution in [0.5, 0.6) is 0 Å². The molecule has 6 nitrogen and oxygen atoms in total. The molecule has 0 atom stereocenters. The second-order valence-corrected chi connectivity index (χ2v) is 4.68. The number of hydrogen-bond acceptors (Lipinski definition) is 4. The smallest absolute Gasteiger partial charge is 0.414 e. The minimum Gasteiger partial charge on any atom is -0.473 e. The van der Waals surface area contributed by atoms with Gasteiger partial charge in [-0.2, -0.15) is 0 Å². The summed E-state index contributed by atoms with van der Waals surface area (Å²) in [7, 11) is 0. The van der Waals surface area contributed by atoms with Gasteiger partial charge in [-0.3, -0.25) is 4.98 Å². The van der Waals surface area contributed by atoms with E-state index in [1.807, 2.05) is 12.4 Å². The van der Waals surface area contributed by atoms with E-state index in [0.29, 0.717) is 0 Å². The minimum absolute atomic E-state index is 0.747. The number of rotatable bonds is 3. The zero-order valence-corrected chi connectivity index (χ0v) is 11.3. The highest BCUT2D eigenvalue weighted by molar-refractivity contribution is 6.27. The highest BCUT2D eigenvalue weighted by Gasteiger charge is 2.11. The molecule has 0 amide bonds. The number of aliphatic carboxylic acids is 2. The molecule has 1 heterocycles. The first-order valence-electron chi connectivity index (χ1n) is 6.68. The zero-order chi connectivity index (χ0) is 14.8. The number of aromatic nitrogens is 1. The fraction of sp³-hybridized carbons (Fsp3) is 0.500. The predicted molar refractivity (Wildman–Crippen MR) is 73.2 cm³/mol. The Labute approximate surface area is 117 Å². The van der Waals surface area contributed by atoms with Gasteiger partial charge in [0.05, 0.1) is 0 Å². The minimum atomic E-state index is -1.82. The highest BCUT2D eigenvalue weighted by Crippen LogP contribution is 2.17. The zero-order valence-electron chi connectivity index (χ0n) is 11.3. The molecule has 0 unspecified atom stereocenters. The first kappa shape index (κ1) is 16.1. The summed E-state index contributed by atoms with van der Waals surface area (Å²) in [6.45, 7) is 0.993. The molecule has 0 aromatic carbocycles. The molecule has 1 saturated carbocycles. The SMILES string of the molecule is O=C(O)C(=O)O.c1cc(CNC2CCCCC2)ccn1. The van der Waals surface area contributed by atoms with Gasteiger partial charge in [-0.05, 0) is 30.5 Å². The van der Waals surface area contributed by atoms with Crippen molar-refractivity contribution in [3.05, 3.63) is 30.1 Å². The summed E-state index contributed by atoms with van der Waals surface area (Å²) >= 11 is 0. The first-order chi connectivity index (χ1) is 9.59. The van der Waals surface area contributed by atoms with Gasteiger partial charge in [-0.25, -0.2) is 9.59 Å². The van der Waals surface area contributed by atoms with Crippen molar-refractivity contribution in [1.29, 1.82) is 0 Å². The van der Waals surface area contributed by atoms with Crippen LogP contribution in [0.25, 0.3) is 0 Å². The van der Waals surface area contributed by atoms with Crippen molar-refractivity contribution in [3.63, 3.8) is 0 Å². The monoisotopic (exact) mass is 280 g/mol. The van der Waals surface area contributed by atoms with E-state index in [-0.39, 0.29) is 0 Å². The number of hydrogen-bond donors (Lipinski definition) is 3. The maximum atomic E-state index is 9.10. The van der Waals surface area contributed by atoms with Crippen LogP contribution in [0.15, 0.2) is 24.5 Å². The second kappa shape index (κ2) is 9.03. The Balaban J connectivity index is 0.000000286. The van der Waals surface area contributed by atoms with Gasteiger partial charge in [0.15, 0.2) is 0 Å². The summed E-state index contributed by atoms with van der Waals surface area (Å²) in [6, 6.07) is 4.91. The fourth-order valence-electron chi connectivity index (χ4n) is 2.07. The Bertz CT molecular complexity index is 404. The molecule has 20 heavy (non-hydrogen) atoms. The van der Waals surface area contributed by atoms with Gasteiger partial charge in [-0.1, -0.05) is 19.3 Å². The maximum absolute atomic E-state index is 9.10.